The molecule has 1 amide bonds. The van der Waals surface area contributed by atoms with Gasteiger partial charge in [0.05, 0.1) is 7.11 Å². The van der Waals surface area contributed by atoms with Crippen molar-refractivity contribution in [3.8, 4) is 5.88 Å². The average molecular weight is 246 g/mol. The molecule has 0 aliphatic rings. The number of carbonyl (C=O) groups is 1. The molecule has 0 saturated heterocycles. The lowest BCUT2D eigenvalue weighted by molar-refractivity contribution is 0.0922. The van der Waals surface area contributed by atoms with E-state index < -0.39 is 0 Å². The summed E-state index contributed by atoms with van der Waals surface area (Å²) in [7, 11) is 1.55. The summed E-state index contributed by atoms with van der Waals surface area (Å²) in [5.41, 5.74) is 0.915. The van der Waals surface area contributed by atoms with Gasteiger partial charge in [-0.05, 0) is 30.7 Å². The molecule has 5 heteroatoms. The van der Waals surface area contributed by atoms with Crippen molar-refractivity contribution >= 4 is 5.91 Å². The molecule has 0 bridgehead atoms. The normalized spacial score (nSPS) is 10.1. The van der Waals surface area contributed by atoms with Crippen LogP contribution in [-0.2, 0) is 6.54 Å². The summed E-state index contributed by atoms with van der Waals surface area (Å²) in [6.07, 6.45) is 1.64. The van der Waals surface area contributed by atoms with Crippen LogP contribution in [0.4, 0.5) is 0 Å². The van der Waals surface area contributed by atoms with Crippen molar-refractivity contribution in [2.75, 3.05) is 7.11 Å². The highest BCUT2D eigenvalue weighted by molar-refractivity contribution is 5.91. The summed E-state index contributed by atoms with van der Waals surface area (Å²) < 4.78 is 10.2. The van der Waals surface area contributed by atoms with Gasteiger partial charge in [-0.15, -0.1) is 0 Å². The Hall–Kier alpha value is -2.30. The number of pyridine rings is 1. The molecule has 0 aromatic carbocycles. The Morgan fingerprint density at radius 1 is 1.44 bits per heavy atom. The van der Waals surface area contributed by atoms with Crippen LogP contribution in [0.5, 0.6) is 5.88 Å². The van der Waals surface area contributed by atoms with Crippen LogP contribution >= 0.6 is 0 Å². The number of aryl methyl sites for hydroxylation is 1. The second-order valence-electron chi connectivity index (χ2n) is 3.80. The van der Waals surface area contributed by atoms with Crippen LogP contribution in [-0.4, -0.2) is 18.0 Å². The first-order valence-corrected chi connectivity index (χ1v) is 5.52. The number of nitrogens with zero attached hydrogens (tertiary/aromatic N) is 1. The first-order valence-electron chi connectivity index (χ1n) is 5.52. The van der Waals surface area contributed by atoms with Crippen LogP contribution < -0.4 is 10.1 Å². The highest BCUT2D eigenvalue weighted by Crippen LogP contribution is 2.09. The smallest absolute Gasteiger partial charge is 0.287 e. The van der Waals surface area contributed by atoms with E-state index in [9.17, 15) is 4.79 Å². The predicted molar refractivity (Wildman–Crippen MR) is 65.4 cm³/mol. The van der Waals surface area contributed by atoms with Crippen molar-refractivity contribution in [3.63, 3.8) is 0 Å². The fourth-order valence-corrected chi connectivity index (χ4v) is 1.50. The molecule has 2 heterocycles. The fourth-order valence-electron chi connectivity index (χ4n) is 1.50. The zero-order valence-corrected chi connectivity index (χ0v) is 10.3. The Balaban J connectivity index is 1.97. The maximum Gasteiger partial charge on any atom is 0.287 e. The molecule has 18 heavy (non-hydrogen) atoms. The van der Waals surface area contributed by atoms with E-state index in [1.807, 2.05) is 6.07 Å². The maximum atomic E-state index is 11.7. The van der Waals surface area contributed by atoms with E-state index in [0.717, 1.165) is 5.56 Å². The Morgan fingerprint density at radius 2 is 2.28 bits per heavy atom. The molecule has 0 unspecified atom stereocenters. The Kier molecular flexibility index (Phi) is 3.62. The average Bonchev–Trinajstić information content (AvgIpc) is 2.83. The second-order valence-corrected chi connectivity index (χ2v) is 3.80. The van der Waals surface area contributed by atoms with Gasteiger partial charge >= 0.3 is 0 Å². The van der Waals surface area contributed by atoms with Gasteiger partial charge in [0, 0.05) is 18.8 Å². The van der Waals surface area contributed by atoms with Crippen molar-refractivity contribution in [3.05, 3.63) is 47.5 Å². The summed E-state index contributed by atoms with van der Waals surface area (Å²) >= 11 is 0. The molecule has 2 aromatic heterocycles. The van der Waals surface area contributed by atoms with Crippen LogP contribution in [0.15, 0.2) is 34.9 Å². The molecule has 94 valence electrons. The highest BCUT2D eigenvalue weighted by atomic mass is 16.5. The Bertz CT molecular complexity index is 549. The van der Waals surface area contributed by atoms with E-state index in [1.165, 1.54) is 0 Å². The molecule has 2 aromatic rings. The number of furan rings is 1. The summed E-state index contributed by atoms with van der Waals surface area (Å²) in [6.45, 7) is 2.20. The van der Waals surface area contributed by atoms with E-state index in [0.29, 0.717) is 23.9 Å². The molecule has 0 fully saturated rings. The van der Waals surface area contributed by atoms with Crippen molar-refractivity contribution in [2.24, 2.45) is 0 Å². The lowest BCUT2D eigenvalue weighted by atomic mass is 10.2. The van der Waals surface area contributed by atoms with Gasteiger partial charge in [-0.2, -0.15) is 0 Å². The number of carbonyl (C=O) groups excluding carboxylic acids is 1. The quantitative estimate of drug-likeness (QED) is 0.895. The Morgan fingerprint density at radius 3 is 2.94 bits per heavy atom. The highest BCUT2D eigenvalue weighted by Gasteiger charge is 2.09. The van der Waals surface area contributed by atoms with Gasteiger partial charge in [-0.1, -0.05) is 0 Å². The summed E-state index contributed by atoms with van der Waals surface area (Å²) in [5.74, 6) is 1.31. The molecule has 0 saturated carbocycles. The molecule has 0 spiro atoms. The number of nitrogens with one attached hydrogen (secondary N) is 1. The standard InChI is InChI=1S/C13H14N2O3/c1-9-3-4-11(18-9)13(16)15-8-10-5-6-14-12(7-10)17-2/h3-7H,8H2,1-2H3,(H,15,16). The van der Waals surface area contributed by atoms with Gasteiger partial charge in [0.25, 0.3) is 5.91 Å². The SMILES string of the molecule is COc1cc(CNC(=O)c2ccc(C)o2)ccn1. The number of hydrogen-bond acceptors (Lipinski definition) is 4. The van der Waals surface area contributed by atoms with Gasteiger partial charge in [0.2, 0.25) is 5.88 Å². The molecule has 0 radical (unpaired) electrons. The van der Waals surface area contributed by atoms with Gasteiger partial charge < -0.3 is 14.5 Å². The third-order valence-electron chi connectivity index (χ3n) is 2.43. The monoisotopic (exact) mass is 246 g/mol. The molecular weight excluding hydrogens is 232 g/mol. The van der Waals surface area contributed by atoms with Crippen molar-refractivity contribution in [1.29, 1.82) is 0 Å². The third-order valence-corrected chi connectivity index (χ3v) is 2.43. The maximum absolute atomic E-state index is 11.7. The number of rotatable bonds is 4. The largest absolute Gasteiger partial charge is 0.481 e. The zero-order chi connectivity index (χ0) is 13.0. The molecule has 1 N–H and O–H groups in total. The van der Waals surface area contributed by atoms with Crippen LogP contribution in [0.2, 0.25) is 0 Å². The van der Waals surface area contributed by atoms with Gasteiger partial charge in [-0.3, -0.25) is 4.79 Å². The van der Waals surface area contributed by atoms with Gasteiger partial charge in [0.15, 0.2) is 5.76 Å². The number of ether oxygens (including phenoxy) is 1. The minimum atomic E-state index is -0.237. The van der Waals surface area contributed by atoms with E-state index >= 15 is 0 Å². The van der Waals surface area contributed by atoms with Gasteiger partial charge in [-0.25, -0.2) is 4.98 Å². The molecule has 0 aliphatic heterocycles. The number of aromatic nitrogens is 1. The predicted octanol–water partition coefficient (Wildman–Crippen LogP) is 1.92. The number of hydrogen-bond donors (Lipinski definition) is 1. The molecule has 0 atom stereocenters. The third kappa shape index (κ3) is 2.88. The van der Waals surface area contributed by atoms with E-state index in [4.69, 9.17) is 9.15 Å². The summed E-state index contributed by atoms with van der Waals surface area (Å²) in [4.78, 5) is 15.7. The zero-order valence-electron chi connectivity index (χ0n) is 10.3. The van der Waals surface area contributed by atoms with Crippen molar-refractivity contribution < 1.29 is 13.9 Å². The Labute approximate surface area is 105 Å². The first-order chi connectivity index (χ1) is 8.69. The summed E-state index contributed by atoms with van der Waals surface area (Å²) in [5, 5.41) is 2.76. The second kappa shape index (κ2) is 5.35. The van der Waals surface area contributed by atoms with E-state index in [-0.39, 0.29) is 5.91 Å². The first kappa shape index (κ1) is 12.2. The topological polar surface area (TPSA) is 64.4 Å². The lowest BCUT2D eigenvalue weighted by Gasteiger charge is -2.04. The van der Waals surface area contributed by atoms with Crippen LogP contribution in [0.25, 0.3) is 0 Å². The summed E-state index contributed by atoms with van der Waals surface area (Å²) in [6, 6.07) is 6.99. The van der Waals surface area contributed by atoms with Crippen molar-refractivity contribution in [1.82, 2.24) is 10.3 Å². The molecular formula is C13H14N2O3. The van der Waals surface area contributed by atoms with E-state index in [1.54, 1.807) is 38.4 Å². The fraction of sp³-hybridized carbons (Fsp3) is 0.231. The number of amides is 1. The van der Waals surface area contributed by atoms with Crippen LogP contribution in [0.1, 0.15) is 21.9 Å². The van der Waals surface area contributed by atoms with Crippen molar-refractivity contribution in [2.45, 2.75) is 13.5 Å². The molecule has 0 aliphatic carbocycles. The molecule has 5 nitrogen and oxygen atoms in total. The van der Waals surface area contributed by atoms with Crippen LogP contribution in [0, 0.1) is 6.92 Å². The minimum absolute atomic E-state index is 0.237. The lowest BCUT2D eigenvalue weighted by Crippen LogP contribution is -2.22. The van der Waals surface area contributed by atoms with Crippen LogP contribution in [0.3, 0.4) is 0 Å². The molecule has 2 rings (SSSR count). The van der Waals surface area contributed by atoms with Gasteiger partial charge in [0.1, 0.15) is 5.76 Å². The number of methoxy groups -OCH3 is 1. The van der Waals surface area contributed by atoms with E-state index in [2.05, 4.69) is 10.3 Å². The minimum Gasteiger partial charge on any atom is -0.481 e.